The lowest BCUT2D eigenvalue weighted by atomic mass is 10.0. The van der Waals surface area contributed by atoms with E-state index in [1.54, 1.807) is 6.20 Å². The van der Waals surface area contributed by atoms with E-state index < -0.39 is 35.9 Å². The first-order chi connectivity index (χ1) is 14.7. The number of aromatic nitrogens is 1. The van der Waals surface area contributed by atoms with Gasteiger partial charge in [0.2, 0.25) is 11.8 Å². The molecule has 0 aliphatic rings. The molecule has 0 bridgehead atoms. The van der Waals surface area contributed by atoms with Gasteiger partial charge in [-0.25, -0.2) is 4.79 Å². The lowest BCUT2D eigenvalue weighted by molar-refractivity contribution is -0.142. The normalized spacial score (nSPS) is 14.2. The third-order valence-electron chi connectivity index (χ3n) is 5.31. The maximum atomic E-state index is 12.9. The van der Waals surface area contributed by atoms with Crippen molar-refractivity contribution in [2.45, 2.75) is 57.7 Å². The number of rotatable bonds is 12. The Bertz CT molecular complexity index is 895. The van der Waals surface area contributed by atoms with Crippen LogP contribution in [0.1, 0.15) is 38.7 Å². The summed E-state index contributed by atoms with van der Waals surface area (Å²) < 4.78 is 0. The molecule has 0 aliphatic heterocycles. The summed E-state index contributed by atoms with van der Waals surface area (Å²) in [4.78, 5) is 40.3. The fraction of sp³-hybridized carbons (Fsp3) is 0.500. The monoisotopic (exact) mass is 431 g/mol. The Balaban J connectivity index is 2.13. The van der Waals surface area contributed by atoms with Gasteiger partial charge in [-0.1, -0.05) is 32.0 Å². The molecule has 0 radical (unpaired) electrons. The van der Waals surface area contributed by atoms with Crippen molar-refractivity contribution in [1.29, 1.82) is 0 Å². The molecule has 1 aromatic carbocycles. The van der Waals surface area contributed by atoms with E-state index in [1.807, 2.05) is 38.1 Å². The molecule has 1 heterocycles. The van der Waals surface area contributed by atoms with Crippen molar-refractivity contribution >= 4 is 28.7 Å². The first kappa shape index (κ1) is 24.4. The minimum absolute atomic E-state index is 0.0959. The van der Waals surface area contributed by atoms with E-state index in [2.05, 4.69) is 15.6 Å². The van der Waals surface area contributed by atoms with Crippen molar-refractivity contribution in [3.05, 3.63) is 36.0 Å². The molecule has 9 nitrogen and oxygen atoms in total. The second kappa shape index (κ2) is 11.5. The molecule has 8 N–H and O–H groups in total. The fourth-order valence-electron chi connectivity index (χ4n) is 3.33. The zero-order valence-electron chi connectivity index (χ0n) is 18.1. The number of carboxylic acids is 1. The summed E-state index contributed by atoms with van der Waals surface area (Å²) in [6.45, 7) is 4.09. The Labute approximate surface area is 181 Å². The number of hydrogen-bond acceptors (Lipinski definition) is 5. The van der Waals surface area contributed by atoms with Gasteiger partial charge in [-0.2, -0.15) is 0 Å². The zero-order chi connectivity index (χ0) is 23.0. The third-order valence-corrected chi connectivity index (χ3v) is 5.31. The van der Waals surface area contributed by atoms with Gasteiger partial charge < -0.3 is 32.2 Å². The SMILES string of the molecule is CC(C)C(N)C(=O)NC(CCCCN)C(=O)NC(Cc1c[nH]c2ccccc12)C(=O)O. The third kappa shape index (κ3) is 6.80. The van der Waals surface area contributed by atoms with Gasteiger partial charge in [0, 0.05) is 23.5 Å². The Hall–Kier alpha value is -2.91. The maximum Gasteiger partial charge on any atom is 0.326 e. The van der Waals surface area contributed by atoms with Crippen LogP contribution in [-0.2, 0) is 20.8 Å². The van der Waals surface area contributed by atoms with Crippen molar-refractivity contribution in [3.8, 4) is 0 Å². The summed E-state index contributed by atoms with van der Waals surface area (Å²) >= 11 is 0. The van der Waals surface area contributed by atoms with Crippen LogP contribution in [0, 0.1) is 5.92 Å². The van der Waals surface area contributed by atoms with E-state index in [9.17, 15) is 19.5 Å². The molecule has 3 unspecified atom stereocenters. The van der Waals surface area contributed by atoms with Gasteiger partial charge in [0.05, 0.1) is 6.04 Å². The van der Waals surface area contributed by atoms with Crippen LogP contribution in [0.2, 0.25) is 0 Å². The molecule has 1 aromatic heterocycles. The minimum Gasteiger partial charge on any atom is -0.480 e. The predicted octanol–water partition coefficient (Wildman–Crippen LogP) is 0.877. The number of unbranched alkanes of at least 4 members (excludes halogenated alkanes) is 1. The number of hydrogen-bond donors (Lipinski definition) is 6. The van der Waals surface area contributed by atoms with Crippen LogP contribution >= 0.6 is 0 Å². The molecule has 3 atom stereocenters. The molecule has 0 spiro atoms. The van der Waals surface area contributed by atoms with E-state index in [0.29, 0.717) is 25.8 Å². The molecule has 2 rings (SSSR count). The molecule has 0 saturated carbocycles. The smallest absolute Gasteiger partial charge is 0.326 e. The Morgan fingerprint density at radius 3 is 2.39 bits per heavy atom. The number of fused-ring (bicyclic) bond motifs is 1. The number of benzene rings is 1. The highest BCUT2D eigenvalue weighted by Gasteiger charge is 2.29. The first-order valence-electron chi connectivity index (χ1n) is 10.6. The summed E-state index contributed by atoms with van der Waals surface area (Å²) in [7, 11) is 0. The molecule has 2 amide bonds. The van der Waals surface area contributed by atoms with Crippen LogP contribution in [0.4, 0.5) is 0 Å². The molecule has 2 aromatic rings. The highest BCUT2D eigenvalue weighted by atomic mass is 16.4. The van der Waals surface area contributed by atoms with Crippen LogP contribution in [-0.4, -0.2) is 52.5 Å². The van der Waals surface area contributed by atoms with Crippen LogP contribution in [0.25, 0.3) is 10.9 Å². The van der Waals surface area contributed by atoms with E-state index in [-0.39, 0.29) is 12.3 Å². The minimum atomic E-state index is -1.15. The summed E-state index contributed by atoms with van der Waals surface area (Å²) in [5, 5.41) is 15.8. The molecular formula is C22H33N5O4. The average Bonchev–Trinajstić information content (AvgIpc) is 3.14. The highest BCUT2D eigenvalue weighted by Crippen LogP contribution is 2.19. The fourth-order valence-corrected chi connectivity index (χ4v) is 3.33. The van der Waals surface area contributed by atoms with Gasteiger partial charge in [-0.3, -0.25) is 9.59 Å². The van der Waals surface area contributed by atoms with Crippen LogP contribution < -0.4 is 22.1 Å². The Kier molecular flexibility index (Phi) is 9.02. The van der Waals surface area contributed by atoms with Crippen molar-refractivity contribution in [2.24, 2.45) is 17.4 Å². The number of carbonyl (C=O) groups is 3. The average molecular weight is 432 g/mol. The second-order valence-electron chi connectivity index (χ2n) is 8.08. The van der Waals surface area contributed by atoms with Gasteiger partial charge >= 0.3 is 5.97 Å². The Morgan fingerprint density at radius 1 is 1.06 bits per heavy atom. The van der Waals surface area contributed by atoms with Crippen molar-refractivity contribution in [2.75, 3.05) is 6.54 Å². The van der Waals surface area contributed by atoms with E-state index in [1.165, 1.54) is 0 Å². The lowest BCUT2D eigenvalue weighted by Crippen LogP contribution is -2.55. The van der Waals surface area contributed by atoms with Gasteiger partial charge in [-0.15, -0.1) is 0 Å². The molecular weight excluding hydrogens is 398 g/mol. The summed E-state index contributed by atoms with van der Waals surface area (Å²) in [6, 6.07) is 4.77. The number of aliphatic carboxylic acids is 1. The number of aromatic amines is 1. The first-order valence-corrected chi connectivity index (χ1v) is 10.6. The summed E-state index contributed by atoms with van der Waals surface area (Å²) in [5.41, 5.74) is 13.1. The quantitative estimate of drug-likeness (QED) is 0.273. The number of nitrogens with one attached hydrogen (secondary N) is 3. The number of H-pyrrole nitrogens is 1. The van der Waals surface area contributed by atoms with Gasteiger partial charge in [0.15, 0.2) is 0 Å². The largest absolute Gasteiger partial charge is 0.480 e. The summed E-state index contributed by atoms with van der Waals surface area (Å²) in [5.74, 6) is -2.23. The van der Waals surface area contributed by atoms with E-state index in [0.717, 1.165) is 16.5 Å². The molecule has 0 fully saturated rings. The topological polar surface area (TPSA) is 163 Å². The molecule has 9 heteroatoms. The standard InChI is InChI=1S/C22H33N5O4/c1-13(2)19(24)21(29)26-17(9-5-6-10-23)20(28)27-18(22(30)31)11-14-12-25-16-8-4-3-7-15(14)16/h3-4,7-8,12-13,17-19,25H,5-6,9-11,23-24H2,1-2H3,(H,26,29)(H,27,28)(H,30,31). The highest BCUT2D eigenvalue weighted by molar-refractivity contribution is 5.92. The van der Waals surface area contributed by atoms with Gasteiger partial charge in [0.1, 0.15) is 12.1 Å². The number of carboxylic acid groups (broad SMARTS) is 1. The van der Waals surface area contributed by atoms with E-state index >= 15 is 0 Å². The van der Waals surface area contributed by atoms with Crippen molar-refractivity contribution in [3.63, 3.8) is 0 Å². The van der Waals surface area contributed by atoms with Crippen molar-refractivity contribution < 1.29 is 19.5 Å². The molecule has 31 heavy (non-hydrogen) atoms. The molecule has 0 saturated heterocycles. The molecule has 0 aliphatic carbocycles. The predicted molar refractivity (Wildman–Crippen MR) is 119 cm³/mol. The maximum absolute atomic E-state index is 12.9. The van der Waals surface area contributed by atoms with Crippen LogP contribution in [0.15, 0.2) is 30.5 Å². The van der Waals surface area contributed by atoms with Crippen molar-refractivity contribution in [1.82, 2.24) is 15.6 Å². The molecule has 170 valence electrons. The van der Waals surface area contributed by atoms with Gasteiger partial charge in [0.25, 0.3) is 0 Å². The number of nitrogens with two attached hydrogens (primary N) is 2. The number of carbonyl (C=O) groups excluding carboxylic acids is 2. The lowest BCUT2D eigenvalue weighted by Gasteiger charge is -2.24. The van der Waals surface area contributed by atoms with Crippen LogP contribution in [0.3, 0.4) is 0 Å². The number of amides is 2. The van der Waals surface area contributed by atoms with E-state index in [4.69, 9.17) is 11.5 Å². The Morgan fingerprint density at radius 2 is 1.74 bits per heavy atom. The van der Waals surface area contributed by atoms with Crippen LogP contribution in [0.5, 0.6) is 0 Å². The zero-order valence-corrected chi connectivity index (χ0v) is 18.1. The summed E-state index contributed by atoms with van der Waals surface area (Å²) in [6.07, 6.45) is 3.51. The van der Waals surface area contributed by atoms with Gasteiger partial charge in [-0.05, 0) is 43.4 Å². The second-order valence-corrected chi connectivity index (χ2v) is 8.08. The number of para-hydroxylation sites is 1.